The summed E-state index contributed by atoms with van der Waals surface area (Å²) in [6, 6.07) is 7.19. The molecule has 3 nitrogen and oxygen atoms in total. The molecule has 1 aromatic carbocycles. The van der Waals surface area contributed by atoms with Crippen molar-refractivity contribution in [1.29, 1.82) is 0 Å². The van der Waals surface area contributed by atoms with Gasteiger partial charge in [0, 0.05) is 29.2 Å². The van der Waals surface area contributed by atoms with Gasteiger partial charge in [-0.3, -0.25) is 0 Å². The number of nitrogens with zero attached hydrogens (tertiary/aromatic N) is 1. The summed E-state index contributed by atoms with van der Waals surface area (Å²) >= 11 is 3.60. The molecule has 0 spiro atoms. The molecule has 0 saturated carbocycles. The first-order valence-electron chi connectivity index (χ1n) is 6.81. The van der Waals surface area contributed by atoms with Crippen LogP contribution >= 0.6 is 15.9 Å². The zero-order chi connectivity index (χ0) is 14.0. The van der Waals surface area contributed by atoms with Gasteiger partial charge in [0.15, 0.2) is 0 Å². The molecule has 3 unspecified atom stereocenters. The lowest BCUT2D eigenvalue weighted by molar-refractivity contribution is 0.145. The predicted octanol–water partition coefficient (Wildman–Crippen LogP) is 3.60. The molecule has 1 fully saturated rings. The molecular weight excluding hydrogens is 304 g/mol. The Morgan fingerprint density at radius 3 is 2.79 bits per heavy atom. The highest BCUT2D eigenvalue weighted by Crippen LogP contribution is 2.31. The lowest BCUT2D eigenvalue weighted by Crippen LogP contribution is -2.48. The Morgan fingerprint density at radius 1 is 1.37 bits per heavy atom. The number of benzene rings is 1. The van der Waals surface area contributed by atoms with Gasteiger partial charge in [-0.2, -0.15) is 0 Å². The number of hydrogen-bond acceptors (Lipinski definition) is 3. The highest BCUT2D eigenvalue weighted by Gasteiger charge is 2.29. The first-order valence-corrected chi connectivity index (χ1v) is 7.61. The van der Waals surface area contributed by atoms with Crippen LogP contribution < -0.4 is 10.1 Å². The molecular formula is C15H23BrN2O. The van der Waals surface area contributed by atoms with Gasteiger partial charge in [-0.25, -0.2) is 0 Å². The second-order valence-corrected chi connectivity index (χ2v) is 6.45. The summed E-state index contributed by atoms with van der Waals surface area (Å²) in [4.78, 5) is 2.43. The van der Waals surface area contributed by atoms with Gasteiger partial charge in [-0.1, -0.05) is 6.92 Å². The first-order chi connectivity index (χ1) is 9.01. The van der Waals surface area contributed by atoms with E-state index in [0.717, 1.165) is 22.5 Å². The van der Waals surface area contributed by atoms with Gasteiger partial charge in [0.25, 0.3) is 0 Å². The molecule has 4 heteroatoms. The van der Waals surface area contributed by atoms with E-state index in [0.29, 0.717) is 18.0 Å². The maximum Gasteiger partial charge on any atom is 0.121 e. The monoisotopic (exact) mass is 326 g/mol. The number of likely N-dealkylation sites (tertiary alicyclic amines) is 1. The summed E-state index contributed by atoms with van der Waals surface area (Å²) in [7, 11) is 3.91. The molecule has 0 radical (unpaired) electrons. The molecule has 1 aliphatic rings. The van der Waals surface area contributed by atoms with Gasteiger partial charge in [0.1, 0.15) is 5.75 Å². The minimum atomic E-state index is 0.509. The molecule has 0 amide bonds. The van der Waals surface area contributed by atoms with Gasteiger partial charge in [-0.15, -0.1) is 0 Å². The number of piperidine rings is 1. The van der Waals surface area contributed by atoms with Crippen LogP contribution in [0.15, 0.2) is 22.7 Å². The van der Waals surface area contributed by atoms with Gasteiger partial charge in [0.2, 0.25) is 0 Å². The lowest BCUT2D eigenvalue weighted by Gasteiger charge is -2.40. The zero-order valence-corrected chi connectivity index (χ0v) is 13.7. The van der Waals surface area contributed by atoms with Crippen LogP contribution in [-0.2, 0) is 0 Å². The molecule has 0 aromatic heterocycles. The lowest BCUT2D eigenvalue weighted by atomic mass is 9.89. The van der Waals surface area contributed by atoms with E-state index in [9.17, 15) is 0 Å². The fourth-order valence-electron chi connectivity index (χ4n) is 2.68. The Balaban J connectivity index is 2.12. The van der Waals surface area contributed by atoms with Crippen molar-refractivity contribution in [2.24, 2.45) is 5.92 Å². The van der Waals surface area contributed by atoms with Gasteiger partial charge in [0.05, 0.1) is 12.8 Å². The summed E-state index contributed by atoms with van der Waals surface area (Å²) in [5.41, 5.74) is 1.12. The second-order valence-electron chi connectivity index (χ2n) is 5.60. The second kappa shape index (κ2) is 6.14. The van der Waals surface area contributed by atoms with Crippen molar-refractivity contribution in [2.75, 3.05) is 26.0 Å². The van der Waals surface area contributed by atoms with E-state index in [1.807, 2.05) is 12.1 Å². The molecule has 1 N–H and O–H groups in total. The maximum atomic E-state index is 5.29. The minimum absolute atomic E-state index is 0.509. The highest BCUT2D eigenvalue weighted by molar-refractivity contribution is 9.10. The summed E-state index contributed by atoms with van der Waals surface area (Å²) in [6.45, 7) is 5.75. The van der Waals surface area contributed by atoms with E-state index in [2.05, 4.69) is 53.1 Å². The number of ether oxygens (including phenoxy) is 1. The van der Waals surface area contributed by atoms with Crippen molar-refractivity contribution in [1.82, 2.24) is 4.90 Å². The van der Waals surface area contributed by atoms with Gasteiger partial charge in [-0.05, 0) is 54.4 Å². The van der Waals surface area contributed by atoms with Crippen molar-refractivity contribution in [3.05, 3.63) is 22.7 Å². The van der Waals surface area contributed by atoms with Crippen molar-refractivity contribution in [3.8, 4) is 5.75 Å². The van der Waals surface area contributed by atoms with Crippen LogP contribution in [0, 0.1) is 5.92 Å². The fourth-order valence-corrected chi connectivity index (χ4v) is 3.05. The van der Waals surface area contributed by atoms with Gasteiger partial charge < -0.3 is 15.0 Å². The van der Waals surface area contributed by atoms with Crippen LogP contribution in [0.2, 0.25) is 0 Å². The van der Waals surface area contributed by atoms with Crippen molar-refractivity contribution in [3.63, 3.8) is 0 Å². The molecule has 0 bridgehead atoms. The van der Waals surface area contributed by atoms with E-state index in [-0.39, 0.29) is 0 Å². The first kappa shape index (κ1) is 14.7. The van der Waals surface area contributed by atoms with Crippen molar-refractivity contribution < 1.29 is 4.74 Å². The number of nitrogens with one attached hydrogen (secondary N) is 1. The number of rotatable bonds is 3. The molecule has 2 rings (SSSR count). The Morgan fingerprint density at radius 2 is 2.11 bits per heavy atom. The molecule has 19 heavy (non-hydrogen) atoms. The summed E-state index contributed by atoms with van der Waals surface area (Å²) < 4.78 is 6.38. The maximum absolute atomic E-state index is 5.29. The molecule has 1 aromatic rings. The Bertz CT molecular complexity index is 438. The van der Waals surface area contributed by atoms with E-state index in [4.69, 9.17) is 4.74 Å². The average Bonchev–Trinajstić information content (AvgIpc) is 2.38. The standard InChI is InChI=1S/C15H23BrN2O/c1-10-9-18(3)11(2)7-14(10)17-15-8-12(19-4)5-6-13(15)16/h5-6,8,10-11,14,17H,7,9H2,1-4H3. The number of anilines is 1. The minimum Gasteiger partial charge on any atom is -0.497 e. The zero-order valence-electron chi connectivity index (χ0n) is 12.1. The molecule has 1 heterocycles. The smallest absolute Gasteiger partial charge is 0.121 e. The van der Waals surface area contributed by atoms with E-state index < -0.39 is 0 Å². The topological polar surface area (TPSA) is 24.5 Å². The normalized spacial score (nSPS) is 28.2. The summed E-state index contributed by atoms with van der Waals surface area (Å²) in [5.74, 6) is 1.53. The molecule has 0 aliphatic carbocycles. The number of hydrogen-bond donors (Lipinski definition) is 1. The third-order valence-electron chi connectivity index (χ3n) is 4.12. The Kier molecular flexibility index (Phi) is 4.74. The number of halogens is 1. The quantitative estimate of drug-likeness (QED) is 0.918. The third-order valence-corrected chi connectivity index (χ3v) is 4.82. The molecule has 1 saturated heterocycles. The van der Waals surface area contributed by atoms with E-state index >= 15 is 0 Å². The SMILES string of the molecule is COc1ccc(Br)c(NC2CC(C)N(C)CC2C)c1. The Labute approximate surface area is 124 Å². The Hall–Kier alpha value is -0.740. The van der Waals surface area contributed by atoms with Crippen LogP contribution in [0.25, 0.3) is 0 Å². The van der Waals surface area contributed by atoms with E-state index in [1.165, 1.54) is 6.42 Å². The van der Waals surface area contributed by atoms with Crippen molar-refractivity contribution >= 4 is 21.6 Å². The molecule has 106 valence electrons. The fraction of sp³-hybridized carbons (Fsp3) is 0.600. The van der Waals surface area contributed by atoms with Crippen molar-refractivity contribution in [2.45, 2.75) is 32.4 Å². The predicted molar refractivity (Wildman–Crippen MR) is 84.0 cm³/mol. The van der Waals surface area contributed by atoms with Crippen LogP contribution in [-0.4, -0.2) is 37.7 Å². The van der Waals surface area contributed by atoms with Crippen LogP contribution in [0.4, 0.5) is 5.69 Å². The largest absolute Gasteiger partial charge is 0.497 e. The van der Waals surface area contributed by atoms with Crippen LogP contribution in [0.3, 0.4) is 0 Å². The summed E-state index contributed by atoms with van der Waals surface area (Å²) in [6.07, 6.45) is 1.17. The van der Waals surface area contributed by atoms with Gasteiger partial charge >= 0.3 is 0 Å². The van der Waals surface area contributed by atoms with E-state index in [1.54, 1.807) is 7.11 Å². The molecule has 3 atom stereocenters. The highest BCUT2D eigenvalue weighted by atomic mass is 79.9. The molecule has 1 aliphatic heterocycles. The third kappa shape index (κ3) is 3.42. The number of methoxy groups -OCH3 is 1. The summed E-state index contributed by atoms with van der Waals surface area (Å²) in [5, 5.41) is 3.67. The average molecular weight is 327 g/mol. The van der Waals surface area contributed by atoms with Crippen LogP contribution in [0.1, 0.15) is 20.3 Å². The van der Waals surface area contributed by atoms with Crippen LogP contribution in [0.5, 0.6) is 5.75 Å².